The molecule has 18 heteroatoms. The average molecular weight is 949 g/mol. The Morgan fingerprint density at radius 3 is 2.08 bits per heavy atom. The van der Waals surface area contributed by atoms with E-state index >= 15 is 0 Å². The van der Waals surface area contributed by atoms with E-state index in [0.717, 1.165) is 57.8 Å². The first kappa shape index (κ1) is 58.7. The fraction of sp³-hybridized carbons (Fsp3) is 0.809. The van der Waals surface area contributed by atoms with Gasteiger partial charge in [0.05, 0.1) is 37.1 Å². The molecule has 0 radical (unpaired) electrons. The standard InChI is InChI=1S/C47H81O17P/c1-3-5-7-8-9-10-11-12-13-14-15-16-17-18-20-25-40(52)61-31-35-32-62-65(59,60)64-47-45(57)42(54)36(28-27-33(48)23-19-6-4-2)38(50)30-39(51)37(43(55)44(56)46(47)58)29-34(49)24-21-22-26-41(53)63-35/h9-10,12-13,27-28,33,35-39,42-48,50-51,54-58H,3-8,11,14-26,29-32H2,1-2H3,(H,59,60)/b10-9-,13-12-,28-27+/t33-,35+,36-,37-,38+,39-,42+,43+,44-,45+,46+,47+/m0/s1. The van der Waals surface area contributed by atoms with Crippen LogP contribution in [0.1, 0.15) is 155 Å². The molecule has 9 N–H and O–H groups in total. The zero-order valence-electron chi connectivity index (χ0n) is 38.6. The predicted octanol–water partition coefficient (Wildman–Crippen LogP) is 4.95. The van der Waals surface area contributed by atoms with Crippen molar-refractivity contribution < 1.29 is 83.2 Å². The molecule has 1 aliphatic heterocycles. The number of aliphatic hydroxyl groups is 8. The summed E-state index contributed by atoms with van der Waals surface area (Å²) in [7, 11) is -5.49. The van der Waals surface area contributed by atoms with Gasteiger partial charge in [-0.25, -0.2) is 4.57 Å². The number of phosphoric acid groups is 1. The molecule has 0 aromatic rings. The molecule has 1 saturated heterocycles. The van der Waals surface area contributed by atoms with Crippen LogP contribution in [0.3, 0.4) is 0 Å². The van der Waals surface area contributed by atoms with Crippen molar-refractivity contribution >= 4 is 25.5 Å². The van der Waals surface area contributed by atoms with Crippen LogP contribution in [-0.4, -0.2) is 138 Å². The lowest BCUT2D eigenvalue weighted by atomic mass is 9.82. The summed E-state index contributed by atoms with van der Waals surface area (Å²) in [5, 5.41) is 89.9. The first-order chi connectivity index (χ1) is 31.0. The topological polar surface area (TPSA) is 287 Å². The third-order valence-electron chi connectivity index (χ3n) is 11.9. The number of carbonyl (C=O) groups excluding carboxylic acids is 3. The Labute approximate surface area is 385 Å². The van der Waals surface area contributed by atoms with E-state index in [9.17, 15) is 64.7 Å². The number of phosphoric ester groups is 1. The number of carbonyl (C=O) groups is 3. The molecule has 1 heterocycles. The van der Waals surface area contributed by atoms with E-state index in [0.29, 0.717) is 19.3 Å². The molecule has 1 aliphatic carbocycles. The van der Waals surface area contributed by atoms with Crippen LogP contribution in [-0.2, 0) is 37.5 Å². The smallest absolute Gasteiger partial charge is 0.462 e. The van der Waals surface area contributed by atoms with Crippen molar-refractivity contribution in [1.82, 2.24) is 0 Å². The van der Waals surface area contributed by atoms with E-state index in [1.165, 1.54) is 31.4 Å². The van der Waals surface area contributed by atoms with E-state index in [2.05, 4.69) is 31.2 Å². The molecule has 2 bridgehead atoms. The van der Waals surface area contributed by atoms with Gasteiger partial charge < -0.3 is 55.2 Å². The van der Waals surface area contributed by atoms with Gasteiger partial charge in [-0.05, 0) is 57.8 Å². The Balaban J connectivity index is 2.19. The number of rotatable bonds is 22. The lowest BCUT2D eigenvalue weighted by Crippen LogP contribution is -2.56. The van der Waals surface area contributed by atoms with Gasteiger partial charge >= 0.3 is 19.8 Å². The molecule has 2 fully saturated rings. The number of ketones is 1. The number of hydrogen-bond donors (Lipinski definition) is 9. The Bertz CT molecular complexity index is 1470. The Morgan fingerprint density at radius 2 is 1.38 bits per heavy atom. The second kappa shape index (κ2) is 33.2. The van der Waals surface area contributed by atoms with Gasteiger partial charge in [0.25, 0.3) is 0 Å². The number of esters is 2. The van der Waals surface area contributed by atoms with Crippen LogP contribution in [0, 0.1) is 11.8 Å². The number of cyclic esters (lactones) is 1. The van der Waals surface area contributed by atoms with E-state index in [1.54, 1.807) is 0 Å². The van der Waals surface area contributed by atoms with Crippen LogP contribution in [0.4, 0.5) is 0 Å². The van der Waals surface area contributed by atoms with E-state index in [-0.39, 0.29) is 32.1 Å². The van der Waals surface area contributed by atoms with E-state index < -0.39 is 124 Å². The normalized spacial score (nSPS) is 32.4. The van der Waals surface area contributed by atoms with Gasteiger partial charge in [0.1, 0.15) is 36.8 Å². The molecule has 13 atom stereocenters. The lowest BCUT2D eigenvalue weighted by Gasteiger charge is -2.37. The summed E-state index contributed by atoms with van der Waals surface area (Å²) >= 11 is 0. The zero-order chi connectivity index (χ0) is 48.2. The summed E-state index contributed by atoms with van der Waals surface area (Å²) in [4.78, 5) is 49.6. The van der Waals surface area contributed by atoms with Gasteiger partial charge in [-0.1, -0.05) is 102 Å². The fourth-order valence-corrected chi connectivity index (χ4v) is 8.88. The summed E-state index contributed by atoms with van der Waals surface area (Å²) in [6.45, 7) is 2.68. The first-order valence-electron chi connectivity index (χ1n) is 24.0. The molecule has 17 nitrogen and oxygen atoms in total. The maximum atomic E-state index is 13.5. The van der Waals surface area contributed by atoms with Gasteiger partial charge in [-0.3, -0.25) is 23.4 Å². The Hall–Kier alpha value is -2.38. The lowest BCUT2D eigenvalue weighted by molar-refractivity contribution is -0.168. The second-order valence-corrected chi connectivity index (χ2v) is 19.0. The fourth-order valence-electron chi connectivity index (χ4n) is 7.91. The van der Waals surface area contributed by atoms with E-state index in [4.69, 9.17) is 18.5 Å². The molecule has 0 spiro atoms. The van der Waals surface area contributed by atoms with Crippen molar-refractivity contribution in [2.45, 2.75) is 216 Å². The number of ether oxygens (including phenoxy) is 2. The summed E-state index contributed by atoms with van der Waals surface area (Å²) in [6.07, 6.45) is 3.66. The van der Waals surface area contributed by atoms with Crippen LogP contribution >= 0.6 is 7.82 Å². The van der Waals surface area contributed by atoms with Gasteiger partial charge in [0.15, 0.2) is 6.10 Å². The molecular formula is C47H81O17P. The SMILES string of the molecule is CCCCC/C=C\C/C=C\CCCCCCCC(=O)OC[C@@H]1COP(=O)(O)O[C@H]2[C@H](O)[C@@H](O)[C@H](O)[C@@H](CC(=O)CCCCC(=O)O1)[C@@H](O)C[C@@H](O)[C@H](/C=C/[C@@H](O)CCCCC)[C@@H](O)[C@H]2O. The van der Waals surface area contributed by atoms with Crippen molar-refractivity contribution in [1.29, 1.82) is 0 Å². The largest absolute Gasteiger partial charge is 0.472 e. The number of unbranched alkanes of at least 4 members (excludes halogenated alkanes) is 10. The third kappa shape index (κ3) is 24.0. The summed E-state index contributed by atoms with van der Waals surface area (Å²) in [5.41, 5.74) is 0. The molecule has 2 aliphatic rings. The minimum absolute atomic E-state index is 0.0657. The van der Waals surface area contributed by atoms with Crippen molar-refractivity contribution in [2.75, 3.05) is 13.2 Å². The van der Waals surface area contributed by atoms with Crippen molar-refractivity contribution in [2.24, 2.45) is 11.8 Å². The number of Topliss-reactive ketones (excluding diaryl/α,β-unsaturated/α-hetero) is 1. The summed E-state index contributed by atoms with van der Waals surface area (Å²) in [5.74, 6) is -5.02. The zero-order valence-corrected chi connectivity index (χ0v) is 39.5. The van der Waals surface area contributed by atoms with Crippen LogP contribution in [0.5, 0.6) is 0 Å². The minimum Gasteiger partial charge on any atom is -0.462 e. The van der Waals surface area contributed by atoms with Gasteiger partial charge in [-0.15, -0.1) is 0 Å². The van der Waals surface area contributed by atoms with Crippen molar-refractivity contribution in [3.05, 3.63) is 36.5 Å². The van der Waals surface area contributed by atoms with Crippen molar-refractivity contribution in [3.8, 4) is 0 Å². The van der Waals surface area contributed by atoms with Gasteiger partial charge in [-0.2, -0.15) is 0 Å². The molecule has 65 heavy (non-hydrogen) atoms. The predicted molar refractivity (Wildman–Crippen MR) is 242 cm³/mol. The first-order valence-corrected chi connectivity index (χ1v) is 25.5. The highest BCUT2D eigenvalue weighted by molar-refractivity contribution is 7.47. The van der Waals surface area contributed by atoms with Crippen LogP contribution < -0.4 is 0 Å². The molecule has 1 unspecified atom stereocenters. The van der Waals surface area contributed by atoms with Crippen LogP contribution in [0.2, 0.25) is 0 Å². The summed E-state index contributed by atoms with van der Waals surface area (Å²) < 4.78 is 34.5. The number of hydrogen-bond acceptors (Lipinski definition) is 16. The molecule has 376 valence electrons. The molecule has 0 aromatic carbocycles. The highest BCUT2D eigenvalue weighted by Gasteiger charge is 2.49. The quantitative estimate of drug-likeness (QED) is 0.0300. The molecular weight excluding hydrogens is 867 g/mol. The van der Waals surface area contributed by atoms with Crippen molar-refractivity contribution in [3.63, 3.8) is 0 Å². The van der Waals surface area contributed by atoms with Gasteiger partial charge in [0.2, 0.25) is 0 Å². The minimum atomic E-state index is -5.49. The maximum Gasteiger partial charge on any atom is 0.472 e. The highest BCUT2D eigenvalue weighted by atomic mass is 31.2. The average Bonchev–Trinajstić information content (AvgIpc) is 3.27. The monoisotopic (exact) mass is 949 g/mol. The number of fused-ring (bicyclic) bond motifs is 4. The maximum absolute atomic E-state index is 13.5. The summed E-state index contributed by atoms with van der Waals surface area (Å²) in [6, 6.07) is 0. The molecule has 0 amide bonds. The van der Waals surface area contributed by atoms with Crippen LogP contribution in [0.15, 0.2) is 36.5 Å². The van der Waals surface area contributed by atoms with Gasteiger partial charge in [0, 0.05) is 43.9 Å². The molecule has 1 saturated carbocycles. The third-order valence-corrected chi connectivity index (χ3v) is 12.9. The number of allylic oxidation sites excluding steroid dienone is 4. The number of aliphatic hydroxyl groups excluding tert-OH is 8. The molecule has 2 rings (SSSR count). The molecule has 0 aromatic heterocycles. The Kier molecular flexibility index (Phi) is 30.0. The van der Waals surface area contributed by atoms with E-state index in [1.807, 2.05) is 6.92 Å². The Morgan fingerprint density at radius 1 is 0.769 bits per heavy atom. The highest BCUT2D eigenvalue weighted by Crippen LogP contribution is 2.47. The van der Waals surface area contributed by atoms with Crippen LogP contribution in [0.25, 0.3) is 0 Å². The second-order valence-electron chi connectivity index (χ2n) is 17.6.